The molecule has 0 fully saturated rings. The summed E-state index contributed by atoms with van der Waals surface area (Å²) >= 11 is 1.35. The SMILES string of the molecule is COc1ccc(F)cc1C(C)(C)CC(O)(CN1C=Cc2ccsc2N1)C(F)(F)F. The fourth-order valence-electron chi connectivity index (χ4n) is 3.53. The number of benzene rings is 1. The van der Waals surface area contributed by atoms with Gasteiger partial charge < -0.3 is 9.84 Å². The van der Waals surface area contributed by atoms with E-state index < -0.39 is 36.0 Å². The van der Waals surface area contributed by atoms with Crippen LogP contribution in [-0.4, -0.2) is 35.5 Å². The van der Waals surface area contributed by atoms with Crippen LogP contribution in [0.1, 0.15) is 31.4 Å². The van der Waals surface area contributed by atoms with Crippen molar-refractivity contribution >= 4 is 22.4 Å². The van der Waals surface area contributed by atoms with Gasteiger partial charge in [-0.3, -0.25) is 10.4 Å². The molecule has 0 saturated heterocycles. The van der Waals surface area contributed by atoms with Gasteiger partial charge in [0.1, 0.15) is 16.6 Å². The molecule has 0 saturated carbocycles. The number of hydrogen-bond acceptors (Lipinski definition) is 5. The molecule has 1 aromatic carbocycles. The summed E-state index contributed by atoms with van der Waals surface area (Å²) in [6, 6.07) is 5.53. The lowest BCUT2D eigenvalue weighted by atomic mass is 9.74. The molecule has 0 aliphatic carbocycles. The first-order chi connectivity index (χ1) is 13.4. The average Bonchev–Trinajstić information content (AvgIpc) is 3.08. The quantitative estimate of drug-likeness (QED) is 0.621. The number of fused-ring (bicyclic) bond motifs is 1. The van der Waals surface area contributed by atoms with Gasteiger partial charge in [0.05, 0.1) is 13.7 Å². The molecule has 2 N–H and O–H groups in total. The predicted molar refractivity (Wildman–Crippen MR) is 105 cm³/mol. The molecule has 158 valence electrons. The van der Waals surface area contributed by atoms with E-state index >= 15 is 0 Å². The van der Waals surface area contributed by atoms with Crippen LogP contribution >= 0.6 is 11.3 Å². The molecule has 2 heterocycles. The van der Waals surface area contributed by atoms with E-state index in [1.54, 1.807) is 6.08 Å². The number of rotatable bonds is 6. The standard InChI is InChI=1S/C20H22F4N2O2S/c1-18(2,15-10-14(21)4-5-16(15)28-3)11-19(27,20(22,23)24)12-26-8-6-13-7-9-29-17(13)25-26/h4-10,25,27H,11-12H2,1-3H3. The second kappa shape index (κ2) is 7.53. The van der Waals surface area contributed by atoms with Crippen LogP contribution in [-0.2, 0) is 5.41 Å². The lowest BCUT2D eigenvalue weighted by Gasteiger charge is -2.41. The predicted octanol–water partition coefficient (Wildman–Crippen LogP) is 5.17. The molecule has 0 amide bonds. The van der Waals surface area contributed by atoms with Crippen LogP contribution in [0.4, 0.5) is 22.6 Å². The first-order valence-corrected chi connectivity index (χ1v) is 9.75. The zero-order chi connectivity index (χ0) is 21.4. The zero-order valence-electron chi connectivity index (χ0n) is 16.2. The number of hydrogen-bond donors (Lipinski definition) is 2. The largest absolute Gasteiger partial charge is 0.496 e. The van der Waals surface area contributed by atoms with Gasteiger partial charge in [-0.1, -0.05) is 13.8 Å². The third-order valence-corrected chi connectivity index (χ3v) is 5.79. The van der Waals surface area contributed by atoms with E-state index in [-0.39, 0.29) is 11.3 Å². The number of thiophene rings is 1. The number of methoxy groups -OCH3 is 1. The van der Waals surface area contributed by atoms with Crippen LogP contribution < -0.4 is 10.2 Å². The van der Waals surface area contributed by atoms with Crippen molar-refractivity contribution in [1.82, 2.24) is 5.01 Å². The normalized spacial score (nSPS) is 16.2. The van der Waals surface area contributed by atoms with Gasteiger partial charge in [-0.05, 0) is 47.6 Å². The molecule has 0 radical (unpaired) electrons. The van der Waals surface area contributed by atoms with E-state index in [0.29, 0.717) is 5.00 Å². The number of hydrazine groups is 1. The lowest BCUT2D eigenvalue weighted by Crippen LogP contribution is -2.56. The highest BCUT2D eigenvalue weighted by atomic mass is 32.1. The highest BCUT2D eigenvalue weighted by Gasteiger charge is 2.57. The maximum absolute atomic E-state index is 14.0. The third-order valence-electron chi connectivity index (χ3n) is 4.96. The lowest BCUT2D eigenvalue weighted by molar-refractivity contribution is -0.269. The summed E-state index contributed by atoms with van der Waals surface area (Å²) in [5.74, 6) is -0.324. The maximum Gasteiger partial charge on any atom is 0.419 e. The van der Waals surface area contributed by atoms with Gasteiger partial charge in [0, 0.05) is 17.3 Å². The molecule has 0 spiro atoms. The van der Waals surface area contributed by atoms with E-state index in [1.807, 2.05) is 11.4 Å². The summed E-state index contributed by atoms with van der Waals surface area (Å²) in [6.45, 7) is 2.32. The first-order valence-electron chi connectivity index (χ1n) is 8.87. The molecule has 29 heavy (non-hydrogen) atoms. The summed E-state index contributed by atoms with van der Waals surface area (Å²) in [4.78, 5) is 0. The van der Waals surface area contributed by atoms with Gasteiger partial charge in [0.15, 0.2) is 5.60 Å². The minimum Gasteiger partial charge on any atom is -0.496 e. The number of anilines is 1. The summed E-state index contributed by atoms with van der Waals surface area (Å²) < 4.78 is 60.9. The Balaban J connectivity index is 1.90. The Morgan fingerprint density at radius 2 is 1.93 bits per heavy atom. The van der Waals surface area contributed by atoms with Crippen LogP contribution in [0.25, 0.3) is 6.08 Å². The molecule has 4 nitrogen and oxygen atoms in total. The molecule has 1 atom stereocenters. The number of aliphatic hydroxyl groups is 1. The van der Waals surface area contributed by atoms with E-state index in [4.69, 9.17) is 4.74 Å². The Labute approximate surface area is 170 Å². The molecule has 3 rings (SSSR count). The number of halogens is 4. The molecule has 1 aliphatic heterocycles. The highest BCUT2D eigenvalue weighted by molar-refractivity contribution is 7.14. The zero-order valence-corrected chi connectivity index (χ0v) is 17.0. The number of alkyl halides is 3. The van der Waals surface area contributed by atoms with Crippen LogP contribution in [0.2, 0.25) is 0 Å². The van der Waals surface area contributed by atoms with Crippen LogP contribution in [0.15, 0.2) is 35.8 Å². The van der Waals surface area contributed by atoms with E-state index in [9.17, 15) is 22.7 Å². The Kier molecular flexibility index (Phi) is 5.57. The number of β-amino-alcohol motifs (C(OH)–C–C–N with tert-alkyl or cyclic N) is 1. The maximum atomic E-state index is 14.0. The number of nitrogens with zero attached hydrogens (tertiary/aromatic N) is 1. The van der Waals surface area contributed by atoms with E-state index in [0.717, 1.165) is 11.6 Å². The van der Waals surface area contributed by atoms with Gasteiger partial charge in [-0.15, -0.1) is 11.3 Å². The van der Waals surface area contributed by atoms with Gasteiger partial charge in [0.25, 0.3) is 0 Å². The summed E-state index contributed by atoms with van der Waals surface area (Å²) in [5.41, 5.74) is -0.282. The molecule has 2 aromatic rings. The van der Waals surface area contributed by atoms with Gasteiger partial charge in [-0.2, -0.15) is 13.2 Å². The molecule has 1 aliphatic rings. The van der Waals surface area contributed by atoms with Crippen LogP contribution in [0.5, 0.6) is 5.75 Å². The third kappa shape index (κ3) is 4.35. The van der Waals surface area contributed by atoms with Crippen LogP contribution in [0, 0.1) is 5.82 Å². The fraction of sp³-hybridized carbons (Fsp3) is 0.400. The monoisotopic (exact) mass is 430 g/mol. The Morgan fingerprint density at radius 3 is 2.59 bits per heavy atom. The van der Waals surface area contributed by atoms with E-state index in [2.05, 4.69) is 5.43 Å². The smallest absolute Gasteiger partial charge is 0.419 e. The van der Waals surface area contributed by atoms with E-state index in [1.165, 1.54) is 55.6 Å². The molecular weight excluding hydrogens is 408 g/mol. The van der Waals surface area contributed by atoms with Crippen molar-refractivity contribution in [2.45, 2.75) is 37.5 Å². The summed E-state index contributed by atoms with van der Waals surface area (Å²) in [5, 5.41) is 14.5. The molecular formula is C20H22F4N2O2S. The summed E-state index contributed by atoms with van der Waals surface area (Å²) in [6.07, 6.45) is -2.45. The minimum atomic E-state index is -4.91. The van der Waals surface area contributed by atoms with Crippen molar-refractivity contribution in [1.29, 1.82) is 0 Å². The van der Waals surface area contributed by atoms with Crippen molar-refractivity contribution in [3.63, 3.8) is 0 Å². The fourth-order valence-corrected chi connectivity index (χ4v) is 4.33. The Morgan fingerprint density at radius 1 is 1.21 bits per heavy atom. The van der Waals surface area contributed by atoms with Crippen molar-refractivity contribution in [3.8, 4) is 5.75 Å². The molecule has 1 aromatic heterocycles. The van der Waals surface area contributed by atoms with Crippen molar-refractivity contribution in [2.24, 2.45) is 0 Å². The van der Waals surface area contributed by atoms with Gasteiger partial charge in [-0.25, -0.2) is 4.39 Å². The topological polar surface area (TPSA) is 44.7 Å². The molecule has 1 unspecified atom stereocenters. The van der Waals surface area contributed by atoms with Crippen molar-refractivity contribution in [3.05, 3.63) is 52.8 Å². The van der Waals surface area contributed by atoms with Crippen molar-refractivity contribution in [2.75, 3.05) is 19.1 Å². The van der Waals surface area contributed by atoms with Gasteiger partial charge >= 0.3 is 6.18 Å². The van der Waals surface area contributed by atoms with Crippen LogP contribution in [0.3, 0.4) is 0 Å². The molecule has 9 heteroatoms. The van der Waals surface area contributed by atoms with Gasteiger partial charge in [0.2, 0.25) is 0 Å². The minimum absolute atomic E-state index is 0.255. The Bertz CT molecular complexity index is 910. The average molecular weight is 430 g/mol. The van der Waals surface area contributed by atoms with Crippen molar-refractivity contribution < 1.29 is 27.4 Å². The second-order valence-corrected chi connectivity index (χ2v) is 8.61. The summed E-state index contributed by atoms with van der Waals surface area (Å²) in [7, 11) is 1.36. The number of nitrogens with one attached hydrogen (secondary N) is 1. The second-order valence-electron chi connectivity index (χ2n) is 7.70. The molecule has 0 bridgehead atoms. The first kappa shape index (κ1) is 21.4. The highest BCUT2D eigenvalue weighted by Crippen LogP contribution is 2.44. The Hall–Kier alpha value is -2.26. The number of ether oxygens (including phenoxy) is 1.